The number of amides is 2. The maximum atomic E-state index is 12.8. The van der Waals surface area contributed by atoms with E-state index in [1.807, 2.05) is 37.3 Å². The summed E-state index contributed by atoms with van der Waals surface area (Å²) in [6.07, 6.45) is 3.16. The number of urea groups is 1. The minimum atomic E-state index is -0.596. The van der Waals surface area contributed by atoms with Gasteiger partial charge in [0.2, 0.25) is 0 Å². The molecule has 2 aromatic rings. The summed E-state index contributed by atoms with van der Waals surface area (Å²) in [6, 6.07) is 8.48. The van der Waals surface area contributed by atoms with Gasteiger partial charge in [0.25, 0.3) is 0 Å². The van der Waals surface area contributed by atoms with Crippen molar-refractivity contribution < 1.29 is 14.3 Å². The van der Waals surface area contributed by atoms with Gasteiger partial charge in [0.1, 0.15) is 0 Å². The summed E-state index contributed by atoms with van der Waals surface area (Å²) in [5, 5.41) is 7.58. The monoisotopic (exact) mass is 388 g/mol. The maximum absolute atomic E-state index is 12.8. The highest BCUT2D eigenvalue weighted by Gasteiger charge is 2.37. The van der Waals surface area contributed by atoms with E-state index in [1.54, 1.807) is 17.8 Å². The Labute approximate surface area is 162 Å². The van der Waals surface area contributed by atoms with Crippen LogP contribution in [0.2, 0.25) is 5.02 Å². The number of nitrogens with zero attached hydrogens (tertiary/aromatic N) is 3. The smallest absolute Gasteiger partial charge is 0.338 e. The molecule has 7 nitrogen and oxygen atoms in total. The number of hydrogen-bond donors (Lipinski definition) is 1. The molecule has 1 atom stereocenters. The Morgan fingerprint density at radius 2 is 2.04 bits per heavy atom. The van der Waals surface area contributed by atoms with Gasteiger partial charge < -0.3 is 10.1 Å². The number of allylic oxidation sites excluding steroid dienone is 1. The van der Waals surface area contributed by atoms with Crippen molar-refractivity contribution in [1.29, 1.82) is 0 Å². The van der Waals surface area contributed by atoms with Crippen LogP contribution in [0.15, 0.2) is 54.0 Å². The predicted molar refractivity (Wildman–Crippen MR) is 101 cm³/mol. The highest BCUT2D eigenvalue weighted by Crippen LogP contribution is 2.32. The molecule has 0 saturated carbocycles. The number of esters is 1. The summed E-state index contributed by atoms with van der Waals surface area (Å²) in [5.41, 5.74) is 1.75. The minimum absolute atomic E-state index is 0.228. The topological polar surface area (TPSA) is 76.5 Å². The van der Waals surface area contributed by atoms with E-state index in [9.17, 15) is 9.59 Å². The summed E-state index contributed by atoms with van der Waals surface area (Å²) in [7, 11) is 0. The van der Waals surface area contributed by atoms with Gasteiger partial charge in [-0.15, -0.1) is 0 Å². The largest absolute Gasteiger partial charge is 0.463 e. The van der Waals surface area contributed by atoms with Gasteiger partial charge in [0, 0.05) is 12.7 Å². The van der Waals surface area contributed by atoms with E-state index in [0.29, 0.717) is 22.8 Å². The molecule has 0 radical (unpaired) electrons. The second-order valence-corrected chi connectivity index (χ2v) is 6.41. The van der Waals surface area contributed by atoms with Gasteiger partial charge in [-0.25, -0.2) is 9.59 Å². The van der Waals surface area contributed by atoms with Gasteiger partial charge in [-0.3, -0.25) is 9.58 Å². The molecule has 1 aliphatic rings. The number of nitrogens with one attached hydrogen (secondary N) is 1. The van der Waals surface area contributed by atoms with E-state index in [1.165, 1.54) is 11.1 Å². The quantitative estimate of drug-likeness (QED) is 0.771. The van der Waals surface area contributed by atoms with Crippen LogP contribution in [0, 0.1) is 0 Å². The van der Waals surface area contributed by atoms with Gasteiger partial charge in [0.05, 0.1) is 41.7 Å². The molecular formula is C19H21ClN4O3. The van der Waals surface area contributed by atoms with Gasteiger partial charge in [0.15, 0.2) is 0 Å². The van der Waals surface area contributed by atoms with Crippen molar-refractivity contribution in [3.05, 3.63) is 64.6 Å². The van der Waals surface area contributed by atoms with Crippen LogP contribution in [0.25, 0.3) is 0 Å². The Kier molecular flexibility index (Phi) is 5.81. The fraction of sp³-hybridized carbons (Fsp3) is 0.316. The van der Waals surface area contributed by atoms with Crippen LogP contribution in [0.1, 0.15) is 25.5 Å². The normalized spacial score (nSPS) is 17.1. The fourth-order valence-corrected chi connectivity index (χ4v) is 3.29. The second kappa shape index (κ2) is 8.26. The molecule has 0 unspecified atom stereocenters. The summed E-state index contributed by atoms with van der Waals surface area (Å²) < 4.78 is 6.90. The second-order valence-electron chi connectivity index (χ2n) is 5.97. The molecule has 1 N–H and O–H groups in total. The Bertz CT molecular complexity index is 863. The summed E-state index contributed by atoms with van der Waals surface area (Å²) in [6.45, 7) is 4.47. The van der Waals surface area contributed by atoms with Crippen LogP contribution in [0.4, 0.5) is 4.79 Å². The first-order valence-corrected chi connectivity index (χ1v) is 9.14. The standard InChI is InChI=1S/C19H21ClN4O3/c1-3-24-15(12-23-11-14(20)10-21-23)16(18(25)27-4-2)17(22-19(24)26)13-8-6-5-7-9-13/h5-11,17H,3-4,12H2,1-2H3,(H,22,26)/t17-/m0/s1. The van der Waals surface area contributed by atoms with Gasteiger partial charge in [-0.1, -0.05) is 41.9 Å². The molecule has 2 amide bonds. The fourth-order valence-electron chi connectivity index (χ4n) is 3.13. The highest BCUT2D eigenvalue weighted by molar-refractivity contribution is 6.30. The average Bonchev–Trinajstić information content (AvgIpc) is 3.07. The molecule has 3 rings (SSSR count). The van der Waals surface area contributed by atoms with E-state index in [2.05, 4.69) is 10.4 Å². The first-order valence-electron chi connectivity index (χ1n) is 8.76. The number of carbonyl (C=O) groups is 2. The zero-order valence-electron chi connectivity index (χ0n) is 15.2. The van der Waals surface area contributed by atoms with Crippen LogP contribution in [-0.4, -0.2) is 39.8 Å². The molecule has 0 bridgehead atoms. The van der Waals surface area contributed by atoms with E-state index < -0.39 is 12.0 Å². The number of carbonyl (C=O) groups excluding carboxylic acids is 2. The number of rotatable bonds is 6. The van der Waals surface area contributed by atoms with Crippen molar-refractivity contribution >= 4 is 23.6 Å². The summed E-state index contributed by atoms with van der Waals surface area (Å²) >= 11 is 5.97. The van der Waals surface area contributed by atoms with Crippen LogP contribution in [0.5, 0.6) is 0 Å². The first kappa shape index (κ1) is 19.0. The Balaban J connectivity index is 2.14. The van der Waals surface area contributed by atoms with Crippen LogP contribution >= 0.6 is 11.6 Å². The van der Waals surface area contributed by atoms with E-state index in [-0.39, 0.29) is 19.2 Å². The number of aromatic nitrogens is 2. The molecule has 1 aromatic heterocycles. The lowest BCUT2D eigenvalue weighted by atomic mass is 9.94. The van der Waals surface area contributed by atoms with Crippen molar-refractivity contribution in [2.75, 3.05) is 13.2 Å². The summed E-state index contributed by atoms with van der Waals surface area (Å²) in [5.74, 6) is -0.460. The Morgan fingerprint density at radius 1 is 1.30 bits per heavy atom. The van der Waals surface area contributed by atoms with Crippen LogP contribution in [-0.2, 0) is 16.1 Å². The lowest BCUT2D eigenvalue weighted by molar-refractivity contribution is -0.139. The number of ether oxygens (including phenoxy) is 1. The van der Waals surface area contributed by atoms with E-state index in [0.717, 1.165) is 5.56 Å². The highest BCUT2D eigenvalue weighted by atomic mass is 35.5. The van der Waals surface area contributed by atoms with Crippen LogP contribution < -0.4 is 5.32 Å². The molecule has 142 valence electrons. The number of halogens is 1. The van der Waals surface area contributed by atoms with Gasteiger partial charge >= 0.3 is 12.0 Å². The minimum Gasteiger partial charge on any atom is -0.463 e. The predicted octanol–water partition coefficient (Wildman–Crippen LogP) is 3.14. The van der Waals surface area contributed by atoms with E-state index in [4.69, 9.17) is 16.3 Å². The number of likely N-dealkylation sites (N-methyl/N-ethyl adjacent to an activating group) is 1. The molecule has 0 aliphatic carbocycles. The van der Waals surface area contributed by atoms with Crippen LogP contribution in [0.3, 0.4) is 0 Å². The molecule has 0 saturated heterocycles. The van der Waals surface area contributed by atoms with Crippen molar-refractivity contribution in [2.45, 2.75) is 26.4 Å². The molecular weight excluding hydrogens is 368 g/mol. The maximum Gasteiger partial charge on any atom is 0.338 e. The van der Waals surface area contributed by atoms with E-state index >= 15 is 0 Å². The third-order valence-corrected chi connectivity index (χ3v) is 4.49. The average molecular weight is 389 g/mol. The molecule has 0 fully saturated rings. The third-order valence-electron chi connectivity index (χ3n) is 4.30. The SMILES string of the molecule is CCOC(=O)C1=C(Cn2cc(Cl)cn2)N(CC)C(=O)N[C@H]1c1ccccc1. The lowest BCUT2D eigenvalue weighted by Gasteiger charge is -2.36. The lowest BCUT2D eigenvalue weighted by Crippen LogP contribution is -2.49. The molecule has 1 aromatic carbocycles. The van der Waals surface area contributed by atoms with Crippen molar-refractivity contribution in [3.63, 3.8) is 0 Å². The van der Waals surface area contributed by atoms with Crippen molar-refractivity contribution in [3.8, 4) is 0 Å². The molecule has 1 aliphatic heterocycles. The van der Waals surface area contributed by atoms with Crippen molar-refractivity contribution in [1.82, 2.24) is 20.0 Å². The Hall–Kier alpha value is -2.80. The molecule has 8 heteroatoms. The first-order chi connectivity index (χ1) is 13.0. The third kappa shape index (κ3) is 3.98. The van der Waals surface area contributed by atoms with Gasteiger partial charge in [-0.05, 0) is 19.4 Å². The molecule has 0 spiro atoms. The molecule has 2 heterocycles. The summed E-state index contributed by atoms with van der Waals surface area (Å²) in [4.78, 5) is 27.1. The van der Waals surface area contributed by atoms with Gasteiger partial charge in [-0.2, -0.15) is 5.10 Å². The molecule has 27 heavy (non-hydrogen) atoms. The number of hydrogen-bond acceptors (Lipinski definition) is 4. The Morgan fingerprint density at radius 3 is 2.63 bits per heavy atom. The number of benzene rings is 1. The van der Waals surface area contributed by atoms with Crippen molar-refractivity contribution in [2.24, 2.45) is 0 Å². The zero-order valence-corrected chi connectivity index (χ0v) is 15.9. The zero-order chi connectivity index (χ0) is 19.4.